The minimum absolute atomic E-state index is 0.172. The molecule has 0 aliphatic carbocycles. The highest BCUT2D eigenvalue weighted by atomic mass is 32.1. The van der Waals surface area contributed by atoms with Crippen LogP contribution < -0.4 is 5.32 Å². The Bertz CT molecular complexity index is 519. The fourth-order valence-electron chi connectivity index (χ4n) is 2.67. The summed E-state index contributed by atoms with van der Waals surface area (Å²) in [6, 6.07) is 9.07. The molecule has 21 heavy (non-hydrogen) atoms. The zero-order valence-electron chi connectivity index (χ0n) is 11.7. The molecule has 0 atom stereocenters. The molecule has 0 unspecified atom stereocenters. The molecule has 1 spiro atoms. The van der Waals surface area contributed by atoms with Gasteiger partial charge in [0.1, 0.15) is 0 Å². The van der Waals surface area contributed by atoms with Crippen molar-refractivity contribution in [2.75, 3.05) is 26.3 Å². The third kappa shape index (κ3) is 3.23. The Morgan fingerprint density at radius 1 is 1.14 bits per heavy atom. The van der Waals surface area contributed by atoms with Gasteiger partial charge in [-0.2, -0.15) is 0 Å². The van der Waals surface area contributed by atoms with E-state index in [4.69, 9.17) is 21.7 Å². The van der Waals surface area contributed by atoms with Crippen molar-refractivity contribution in [1.82, 2.24) is 10.2 Å². The molecular weight excluding hydrogens is 288 g/mol. The normalized spacial score (nSPS) is 20.5. The maximum atomic E-state index is 12.1. The maximum Gasteiger partial charge on any atom is 0.257 e. The summed E-state index contributed by atoms with van der Waals surface area (Å²) >= 11 is 5.33. The molecule has 3 rings (SSSR count). The summed E-state index contributed by atoms with van der Waals surface area (Å²) in [5.74, 6) is -0.593. The number of carbonyl (C=O) groups is 1. The summed E-state index contributed by atoms with van der Waals surface area (Å²) in [5.41, 5.74) is 0.607. The zero-order chi connectivity index (χ0) is 14.7. The fourth-order valence-corrected chi connectivity index (χ4v) is 2.95. The van der Waals surface area contributed by atoms with E-state index in [1.165, 1.54) is 0 Å². The summed E-state index contributed by atoms with van der Waals surface area (Å²) < 4.78 is 11.4. The van der Waals surface area contributed by atoms with Gasteiger partial charge in [0.25, 0.3) is 5.91 Å². The van der Waals surface area contributed by atoms with Crippen molar-refractivity contribution in [3.05, 3.63) is 35.9 Å². The number of hydrogen-bond acceptors (Lipinski definition) is 4. The lowest BCUT2D eigenvalue weighted by atomic mass is 10.0. The van der Waals surface area contributed by atoms with E-state index in [2.05, 4.69) is 5.32 Å². The molecule has 5 nitrogen and oxygen atoms in total. The largest absolute Gasteiger partial charge is 0.349 e. The van der Waals surface area contributed by atoms with Crippen LogP contribution in [0.15, 0.2) is 30.3 Å². The van der Waals surface area contributed by atoms with Crippen LogP contribution >= 0.6 is 12.2 Å². The van der Waals surface area contributed by atoms with Gasteiger partial charge in [-0.05, 0) is 24.4 Å². The van der Waals surface area contributed by atoms with Gasteiger partial charge in [0.15, 0.2) is 10.9 Å². The second-order valence-corrected chi connectivity index (χ2v) is 5.61. The molecule has 2 fully saturated rings. The number of amides is 1. The van der Waals surface area contributed by atoms with Gasteiger partial charge in [-0.15, -0.1) is 0 Å². The molecule has 2 saturated heterocycles. The van der Waals surface area contributed by atoms with Crippen molar-refractivity contribution in [3.8, 4) is 0 Å². The van der Waals surface area contributed by atoms with Gasteiger partial charge in [0.2, 0.25) is 0 Å². The van der Waals surface area contributed by atoms with E-state index in [1.54, 1.807) is 12.1 Å². The van der Waals surface area contributed by atoms with E-state index in [-0.39, 0.29) is 5.91 Å². The number of hydrogen-bond donors (Lipinski definition) is 1. The Hall–Kier alpha value is -1.50. The van der Waals surface area contributed by atoms with Gasteiger partial charge in [0.05, 0.1) is 13.2 Å². The van der Waals surface area contributed by atoms with Gasteiger partial charge in [-0.25, -0.2) is 0 Å². The Morgan fingerprint density at radius 3 is 2.38 bits per heavy atom. The first kappa shape index (κ1) is 14.4. The first-order valence-electron chi connectivity index (χ1n) is 7.12. The number of rotatable bonds is 1. The lowest BCUT2D eigenvalue weighted by Crippen LogP contribution is -2.51. The van der Waals surface area contributed by atoms with Crippen LogP contribution in [-0.2, 0) is 9.47 Å². The summed E-state index contributed by atoms with van der Waals surface area (Å²) in [6.07, 6.45) is 1.54. The van der Waals surface area contributed by atoms with Crippen LogP contribution in [-0.4, -0.2) is 48.0 Å². The summed E-state index contributed by atoms with van der Waals surface area (Å²) in [5, 5.41) is 3.25. The Kier molecular flexibility index (Phi) is 4.19. The minimum atomic E-state index is -0.421. The molecular formula is C15H18N2O3S. The van der Waals surface area contributed by atoms with E-state index in [0.29, 0.717) is 23.9 Å². The molecule has 1 aromatic carbocycles. The van der Waals surface area contributed by atoms with Crippen molar-refractivity contribution in [2.45, 2.75) is 18.6 Å². The molecule has 1 amide bonds. The topological polar surface area (TPSA) is 50.8 Å². The predicted molar refractivity (Wildman–Crippen MR) is 81.9 cm³/mol. The van der Waals surface area contributed by atoms with Crippen LogP contribution in [0, 0.1) is 0 Å². The Labute approximate surface area is 129 Å². The van der Waals surface area contributed by atoms with E-state index in [1.807, 2.05) is 23.1 Å². The van der Waals surface area contributed by atoms with Crippen LogP contribution in [0.25, 0.3) is 0 Å². The average molecular weight is 306 g/mol. The Morgan fingerprint density at radius 2 is 1.76 bits per heavy atom. The van der Waals surface area contributed by atoms with Crippen LogP contribution in [0.1, 0.15) is 23.2 Å². The molecule has 0 aromatic heterocycles. The molecule has 0 radical (unpaired) electrons. The average Bonchev–Trinajstić information content (AvgIpc) is 2.97. The summed E-state index contributed by atoms with van der Waals surface area (Å²) in [6.45, 7) is 2.78. The van der Waals surface area contributed by atoms with Crippen LogP contribution in [0.3, 0.4) is 0 Å². The highest BCUT2D eigenvalue weighted by Gasteiger charge is 2.40. The third-order valence-electron chi connectivity index (χ3n) is 3.88. The SMILES string of the molecule is O=C(NC(=S)N1CCC2(CC1)OCCO2)c1ccccc1. The number of benzene rings is 1. The number of carbonyl (C=O) groups excluding carboxylic acids is 1. The number of likely N-dealkylation sites (tertiary alicyclic amines) is 1. The smallest absolute Gasteiger partial charge is 0.257 e. The Balaban J connectivity index is 1.54. The minimum Gasteiger partial charge on any atom is -0.349 e. The standard InChI is InChI=1S/C15H18N2O3S/c18-13(12-4-2-1-3-5-12)16-14(21)17-8-6-15(7-9-17)19-10-11-20-15/h1-5H,6-11H2,(H,16,18,21). The molecule has 1 aromatic rings. The first-order chi connectivity index (χ1) is 10.2. The van der Waals surface area contributed by atoms with Crippen molar-refractivity contribution < 1.29 is 14.3 Å². The van der Waals surface area contributed by atoms with Gasteiger partial charge in [-0.3, -0.25) is 10.1 Å². The highest BCUT2D eigenvalue weighted by Crippen LogP contribution is 2.31. The maximum absolute atomic E-state index is 12.1. The van der Waals surface area contributed by atoms with Crippen LogP contribution in [0.5, 0.6) is 0 Å². The summed E-state index contributed by atoms with van der Waals surface area (Å²) in [7, 11) is 0. The van der Waals surface area contributed by atoms with E-state index in [0.717, 1.165) is 25.9 Å². The number of ether oxygens (including phenoxy) is 2. The molecule has 6 heteroatoms. The zero-order valence-corrected chi connectivity index (χ0v) is 12.5. The summed E-state index contributed by atoms with van der Waals surface area (Å²) in [4.78, 5) is 14.1. The highest BCUT2D eigenvalue weighted by molar-refractivity contribution is 7.80. The number of nitrogens with zero attached hydrogens (tertiary/aromatic N) is 1. The van der Waals surface area contributed by atoms with Gasteiger partial charge >= 0.3 is 0 Å². The van der Waals surface area contributed by atoms with E-state index >= 15 is 0 Å². The monoisotopic (exact) mass is 306 g/mol. The number of thiocarbonyl (C=S) groups is 1. The predicted octanol–water partition coefficient (Wildman–Crippen LogP) is 1.54. The molecule has 0 bridgehead atoms. The molecule has 2 heterocycles. The van der Waals surface area contributed by atoms with E-state index < -0.39 is 5.79 Å². The third-order valence-corrected chi connectivity index (χ3v) is 4.24. The van der Waals surface area contributed by atoms with Crippen LogP contribution in [0.2, 0.25) is 0 Å². The molecule has 2 aliphatic heterocycles. The first-order valence-corrected chi connectivity index (χ1v) is 7.53. The molecule has 1 N–H and O–H groups in total. The fraction of sp³-hybridized carbons (Fsp3) is 0.467. The van der Waals surface area contributed by atoms with Gasteiger partial charge < -0.3 is 14.4 Å². The van der Waals surface area contributed by atoms with E-state index in [9.17, 15) is 4.79 Å². The lowest BCUT2D eigenvalue weighted by Gasteiger charge is -2.38. The van der Waals surface area contributed by atoms with Crippen molar-refractivity contribution in [3.63, 3.8) is 0 Å². The van der Waals surface area contributed by atoms with Gasteiger partial charge in [0, 0.05) is 31.5 Å². The van der Waals surface area contributed by atoms with Crippen molar-refractivity contribution >= 4 is 23.2 Å². The molecule has 2 aliphatic rings. The second-order valence-electron chi connectivity index (χ2n) is 5.22. The lowest BCUT2D eigenvalue weighted by molar-refractivity contribution is -0.180. The molecule has 0 saturated carbocycles. The molecule has 112 valence electrons. The van der Waals surface area contributed by atoms with Gasteiger partial charge in [-0.1, -0.05) is 18.2 Å². The quantitative estimate of drug-likeness (QED) is 0.798. The van der Waals surface area contributed by atoms with Crippen molar-refractivity contribution in [2.24, 2.45) is 0 Å². The number of piperidine rings is 1. The number of nitrogens with one attached hydrogen (secondary N) is 1. The van der Waals surface area contributed by atoms with Crippen molar-refractivity contribution in [1.29, 1.82) is 0 Å². The second kappa shape index (κ2) is 6.09. The van der Waals surface area contributed by atoms with Crippen LogP contribution in [0.4, 0.5) is 0 Å².